The quantitative estimate of drug-likeness (QED) is 0.798. The number of carbonyl (C=O) groups is 2. The van der Waals surface area contributed by atoms with Crippen molar-refractivity contribution in [2.45, 2.75) is 78.1 Å². The molecule has 7 atom stereocenters. The van der Waals surface area contributed by atoms with Crippen molar-refractivity contribution in [3.63, 3.8) is 0 Å². The molecule has 0 heterocycles. The van der Waals surface area contributed by atoms with E-state index >= 15 is 0 Å². The van der Waals surface area contributed by atoms with Crippen LogP contribution < -0.4 is 0 Å². The third kappa shape index (κ3) is 2.22. The van der Waals surface area contributed by atoms with E-state index in [0.29, 0.717) is 23.7 Å². The Morgan fingerprint density at radius 1 is 1.04 bits per heavy atom. The van der Waals surface area contributed by atoms with Gasteiger partial charge in [0.25, 0.3) is 0 Å². The Kier molecular flexibility index (Phi) is 3.85. The fourth-order valence-electron chi connectivity index (χ4n) is 7.71. The second-order valence-electron chi connectivity index (χ2n) is 9.77. The minimum atomic E-state index is -0.805. The number of hydrogen-bond donors (Lipinski definition) is 1. The maximum Gasteiger partial charge on any atom is 0.304 e. The molecule has 0 aliphatic heterocycles. The monoisotopic (exact) mass is 332 g/mol. The number of aliphatic carboxylic acids is 1. The maximum absolute atomic E-state index is 12.7. The van der Waals surface area contributed by atoms with Gasteiger partial charge in [-0.3, -0.25) is 9.59 Å². The zero-order valence-corrected chi connectivity index (χ0v) is 15.2. The first-order chi connectivity index (χ1) is 11.4. The molecule has 4 rings (SSSR count). The molecule has 4 aliphatic carbocycles. The maximum atomic E-state index is 12.7. The summed E-state index contributed by atoms with van der Waals surface area (Å²) in [5, 5.41) is 9.27. The van der Waals surface area contributed by atoms with E-state index in [2.05, 4.69) is 13.8 Å². The van der Waals surface area contributed by atoms with Crippen molar-refractivity contribution in [1.29, 1.82) is 0 Å². The zero-order chi connectivity index (χ0) is 17.1. The average molecular weight is 332 g/mol. The van der Waals surface area contributed by atoms with Crippen molar-refractivity contribution in [3.05, 3.63) is 0 Å². The lowest BCUT2D eigenvalue weighted by molar-refractivity contribution is -0.144. The lowest BCUT2D eigenvalue weighted by atomic mass is 9.45. The highest BCUT2D eigenvalue weighted by molar-refractivity contribution is 5.88. The van der Waals surface area contributed by atoms with E-state index in [-0.39, 0.29) is 23.5 Å². The van der Waals surface area contributed by atoms with E-state index in [1.165, 1.54) is 44.9 Å². The second kappa shape index (κ2) is 5.57. The summed E-state index contributed by atoms with van der Waals surface area (Å²) in [6, 6.07) is 0. The number of carboxylic acid groups (broad SMARTS) is 1. The molecule has 0 aromatic carbocycles. The number of fused-ring (bicyclic) bond motifs is 5. The molecule has 134 valence electrons. The van der Waals surface area contributed by atoms with Gasteiger partial charge in [-0.15, -0.1) is 0 Å². The van der Waals surface area contributed by atoms with Crippen molar-refractivity contribution >= 4 is 11.8 Å². The number of carbonyl (C=O) groups excluding carboxylic acids is 1. The first-order valence-corrected chi connectivity index (χ1v) is 10.1. The number of hydrogen-bond acceptors (Lipinski definition) is 2. The predicted molar refractivity (Wildman–Crippen MR) is 92.5 cm³/mol. The van der Waals surface area contributed by atoms with Crippen LogP contribution in [0.4, 0.5) is 0 Å². The molecule has 3 heteroatoms. The summed E-state index contributed by atoms with van der Waals surface area (Å²) in [5.41, 5.74) is 0.422. The summed E-state index contributed by atoms with van der Waals surface area (Å²) in [4.78, 5) is 23.9. The van der Waals surface area contributed by atoms with Gasteiger partial charge in [0, 0.05) is 12.3 Å². The lowest BCUT2D eigenvalue weighted by Gasteiger charge is -2.60. The molecular formula is C21H32O3. The van der Waals surface area contributed by atoms with Crippen LogP contribution in [0.2, 0.25) is 0 Å². The molecular weight excluding hydrogens is 300 g/mol. The minimum absolute atomic E-state index is 0.0448. The van der Waals surface area contributed by atoms with Crippen molar-refractivity contribution in [3.8, 4) is 0 Å². The van der Waals surface area contributed by atoms with Gasteiger partial charge in [0.15, 0.2) is 0 Å². The van der Waals surface area contributed by atoms with Crippen LogP contribution in [0.15, 0.2) is 0 Å². The third-order valence-corrected chi connectivity index (χ3v) is 9.01. The molecule has 0 radical (unpaired) electrons. The largest absolute Gasteiger partial charge is 0.481 e. The van der Waals surface area contributed by atoms with Gasteiger partial charge in [-0.05, 0) is 73.0 Å². The van der Waals surface area contributed by atoms with Gasteiger partial charge < -0.3 is 5.11 Å². The van der Waals surface area contributed by atoms with Crippen molar-refractivity contribution in [2.24, 2.45) is 40.4 Å². The second-order valence-corrected chi connectivity index (χ2v) is 9.77. The van der Waals surface area contributed by atoms with Crippen molar-refractivity contribution < 1.29 is 14.7 Å². The van der Waals surface area contributed by atoms with Crippen LogP contribution in [-0.4, -0.2) is 16.9 Å². The molecule has 4 saturated carbocycles. The number of rotatable bonds is 2. The van der Waals surface area contributed by atoms with Crippen LogP contribution in [-0.2, 0) is 9.59 Å². The molecule has 0 saturated heterocycles. The molecule has 24 heavy (non-hydrogen) atoms. The van der Waals surface area contributed by atoms with Crippen LogP contribution in [0, 0.1) is 40.4 Å². The van der Waals surface area contributed by atoms with Crippen LogP contribution in [0.3, 0.4) is 0 Å². The molecule has 1 N–H and O–H groups in total. The topological polar surface area (TPSA) is 54.4 Å². The summed E-state index contributed by atoms with van der Waals surface area (Å²) >= 11 is 0. The molecule has 0 spiro atoms. The summed E-state index contributed by atoms with van der Waals surface area (Å²) < 4.78 is 0. The van der Waals surface area contributed by atoms with Crippen LogP contribution in [0.1, 0.15) is 78.1 Å². The fourth-order valence-corrected chi connectivity index (χ4v) is 7.71. The van der Waals surface area contributed by atoms with E-state index in [4.69, 9.17) is 0 Å². The Balaban J connectivity index is 1.63. The van der Waals surface area contributed by atoms with Gasteiger partial charge in [-0.2, -0.15) is 0 Å². The Morgan fingerprint density at radius 2 is 1.83 bits per heavy atom. The summed E-state index contributed by atoms with van der Waals surface area (Å²) in [6.07, 6.45) is 11.1. The number of ketones is 1. The third-order valence-electron chi connectivity index (χ3n) is 9.01. The Morgan fingerprint density at radius 3 is 2.58 bits per heavy atom. The van der Waals surface area contributed by atoms with Gasteiger partial charge in [0.05, 0.1) is 6.42 Å². The Labute approximate surface area is 145 Å². The average Bonchev–Trinajstić information content (AvgIpc) is 2.78. The van der Waals surface area contributed by atoms with E-state index in [1.807, 2.05) is 0 Å². The fraction of sp³-hybridized carbons (Fsp3) is 0.905. The molecule has 3 nitrogen and oxygen atoms in total. The SMILES string of the molecule is C[C@]12CC[C@H]3[C@@H](CCC4CCCC[C@@]43C)[C@@H]1CC(=O)[C@@H]2CC(=O)O. The first kappa shape index (κ1) is 16.6. The Bertz CT molecular complexity index is 555. The summed E-state index contributed by atoms with van der Waals surface area (Å²) in [6.45, 7) is 4.78. The van der Waals surface area contributed by atoms with Gasteiger partial charge in [-0.1, -0.05) is 26.7 Å². The van der Waals surface area contributed by atoms with Gasteiger partial charge in [0.1, 0.15) is 5.78 Å². The highest BCUT2D eigenvalue weighted by atomic mass is 16.4. The van der Waals surface area contributed by atoms with E-state index in [9.17, 15) is 14.7 Å². The van der Waals surface area contributed by atoms with E-state index in [1.54, 1.807) is 0 Å². The molecule has 1 unspecified atom stereocenters. The minimum Gasteiger partial charge on any atom is -0.481 e. The van der Waals surface area contributed by atoms with Gasteiger partial charge >= 0.3 is 5.97 Å². The van der Waals surface area contributed by atoms with Crippen molar-refractivity contribution in [1.82, 2.24) is 0 Å². The molecule has 4 aliphatic rings. The summed E-state index contributed by atoms with van der Waals surface area (Å²) in [5.74, 6) is 1.95. The van der Waals surface area contributed by atoms with E-state index in [0.717, 1.165) is 18.3 Å². The summed E-state index contributed by atoms with van der Waals surface area (Å²) in [7, 11) is 0. The standard InChI is InChI=1S/C21H32O3/c1-20-9-4-3-5-13(20)6-7-14-15(20)8-10-21(2)16(14)11-18(22)17(21)12-19(23)24/h13-17H,3-12H2,1-2H3,(H,23,24)/t13?,14-,15+,16+,17+,20+,21+/m1/s1. The Hall–Kier alpha value is -0.860. The van der Waals surface area contributed by atoms with E-state index < -0.39 is 5.97 Å². The molecule has 0 aromatic heterocycles. The van der Waals surface area contributed by atoms with Crippen molar-refractivity contribution in [2.75, 3.05) is 0 Å². The highest BCUT2D eigenvalue weighted by Gasteiger charge is 2.61. The van der Waals surface area contributed by atoms with Crippen LogP contribution in [0.5, 0.6) is 0 Å². The number of Topliss-reactive ketones (excluding diaryl/α,β-unsaturated/α-hetero) is 1. The van der Waals surface area contributed by atoms with Gasteiger partial charge in [0.2, 0.25) is 0 Å². The first-order valence-electron chi connectivity index (χ1n) is 10.1. The number of carboxylic acids is 1. The normalized spacial score (nSPS) is 50.8. The molecule has 0 bridgehead atoms. The molecule has 0 amide bonds. The van der Waals surface area contributed by atoms with Crippen LogP contribution in [0.25, 0.3) is 0 Å². The van der Waals surface area contributed by atoms with Crippen LogP contribution >= 0.6 is 0 Å². The lowest BCUT2D eigenvalue weighted by Crippen LogP contribution is -2.52. The highest BCUT2D eigenvalue weighted by Crippen LogP contribution is 2.67. The zero-order valence-electron chi connectivity index (χ0n) is 15.2. The molecule has 4 fully saturated rings. The predicted octanol–water partition coefficient (Wildman–Crippen LogP) is 4.69. The smallest absolute Gasteiger partial charge is 0.304 e. The van der Waals surface area contributed by atoms with Gasteiger partial charge in [-0.25, -0.2) is 0 Å². The molecule has 0 aromatic rings.